The highest BCUT2D eigenvalue weighted by Crippen LogP contribution is 1.60. The summed E-state index contributed by atoms with van der Waals surface area (Å²) in [5.74, 6) is -2.52. The molecule has 0 spiro atoms. The number of hydrogen-bond donors (Lipinski definition) is 4. The number of carboxylic acid groups (broad SMARTS) is 2. The summed E-state index contributed by atoms with van der Waals surface area (Å²) < 4.78 is 0. The van der Waals surface area contributed by atoms with Crippen LogP contribution in [0.5, 0.6) is 0 Å². The molecule has 0 unspecified atom stereocenters. The van der Waals surface area contributed by atoms with Crippen molar-refractivity contribution in [2.45, 2.75) is 20.8 Å². The first-order valence-electron chi connectivity index (χ1n) is 4.01. The van der Waals surface area contributed by atoms with Crippen LogP contribution < -0.4 is 11.1 Å². The number of primary amides is 1. The second-order valence-corrected chi connectivity index (χ2v) is 2.43. The van der Waals surface area contributed by atoms with Crippen molar-refractivity contribution >= 4 is 23.8 Å². The molecule has 0 aliphatic heterocycles. The Labute approximate surface area is 92.4 Å². The molecule has 0 radical (unpaired) electrons. The molecule has 8 nitrogen and oxygen atoms in total. The van der Waals surface area contributed by atoms with Gasteiger partial charge in [0.15, 0.2) is 0 Å². The molecule has 0 saturated carbocycles. The van der Waals surface area contributed by atoms with E-state index in [1.54, 1.807) is 0 Å². The first-order valence-corrected chi connectivity index (χ1v) is 4.01. The molecular formula is C8H16N2O6. The lowest BCUT2D eigenvalue weighted by atomic mass is 10.6. The summed E-state index contributed by atoms with van der Waals surface area (Å²) in [5.41, 5.74) is 4.47. The van der Waals surface area contributed by atoms with E-state index in [1.165, 1.54) is 13.8 Å². The van der Waals surface area contributed by atoms with E-state index in [-0.39, 0.29) is 18.4 Å². The van der Waals surface area contributed by atoms with Crippen molar-refractivity contribution in [1.82, 2.24) is 5.32 Å². The van der Waals surface area contributed by atoms with E-state index < -0.39 is 11.9 Å². The number of carbonyl (C=O) groups excluding carboxylic acids is 2. The van der Waals surface area contributed by atoms with E-state index in [1.807, 2.05) is 0 Å². The largest absolute Gasteiger partial charge is 0.481 e. The fourth-order valence-electron chi connectivity index (χ4n) is 0.200. The topological polar surface area (TPSA) is 147 Å². The van der Waals surface area contributed by atoms with E-state index in [9.17, 15) is 14.4 Å². The number of rotatable bonds is 2. The van der Waals surface area contributed by atoms with Crippen LogP contribution in [0.25, 0.3) is 0 Å². The number of nitrogens with one attached hydrogen (secondary N) is 1. The molecule has 0 atom stereocenters. The van der Waals surface area contributed by atoms with Gasteiger partial charge in [0.05, 0.1) is 0 Å². The van der Waals surface area contributed by atoms with Gasteiger partial charge in [-0.2, -0.15) is 0 Å². The lowest BCUT2D eigenvalue weighted by Crippen LogP contribution is -2.26. The first-order chi connectivity index (χ1) is 7.09. The van der Waals surface area contributed by atoms with Crippen molar-refractivity contribution in [3.05, 3.63) is 0 Å². The highest BCUT2D eigenvalue weighted by atomic mass is 16.4. The number of hydrogen-bond acceptors (Lipinski definition) is 4. The number of carbonyl (C=O) groups is 4. The maximum Gasteiger partial charge on any atom is 0.322 e. The van der Waals surface area contributed by atoms with Gasteiger partial charge in [0.1, 0.15) is 6.54 Å². The summed E-state index contributed by atoms with van der Waals surface area (Å²) >= 11 is 0. The predicted molar refractivity (Wildman–Crippen MR) is 54.5 cm³/mol. The quantitative estimate of drug-likeness (QED) is 0.473. The minimum Gasteiger partial charge on any atom is -0.481 e. The molecule has 2 amide bonds. The molecule has 0 bridgehead atoms. The molecule has 0 aromatic heterocycles. The zero-order valence-electron chi connectivity index (χ0n) is 9.31. The summed E-state index contributed by atoms with van der Waals surface area (Å²) in [6, 6.07) is 0. The third-order valence-electron chi connectivity index (χ3n) is 0.489. The van der Waals surface area contributed by atoms with Crippen LogP contribution >= 0.6 is 0 Å². The average Bonchev–Trinajstić information content (AvgIpc) is 1.98. The van der Waals surface area contributed by atoms with Crippen LogP contribution in [0, 0.1) is 0 Å². The van der Waals surface area contributed by atoms with Crippen LogP contribution in [0.15, 0.2) is 0 Å². The molecule has 16 heavy (non-hydrogen) atoms. The Bertz CT molecular complexity index is 217. The van der Waals surface area contributed by atoms with Crippen LogP contribution in [-0.2, 0) is 19.2 Å². The third kappa shape index (κ3) is 170. The summed E-state index contributed by atoms with van der Waals surface area (Å²) in [6.45, 7) is 3.36. The third-order valence-corrected chi connectivity index (χ3v) is 0.489. The summed E-state index contributed by atoms with van der Waals surface area (Å²) in [7, 11) is 0. The Balaban J connectivity index is -0.000000179. The number of nitrogens with two attached hydrogens (primary N) is 1. The highest BCUT2D eigenvalue weighted by molar-refractivity contribution is 5.79. The van der Waals surface area contributed by atoms with Crippen molar-refractivity contribution in [2.75, 3.05) is 6.54 Å². The molecular weight excluding hydrogens is 220 g/mol. The monoisotopic (exact) mass is 236 g/mol. The SMILES string of the molecule is CC(=O)NCC(=O)O.CC(=O)O.CC(N)=O. The van der Waals surface area contributed by atoms with Crippen LogP contribution in [-0.4, -0.2) is 40.5 Å². The predicted octanol–water partition coefficient (Wildman–Crippen LogP) is -1.21. The normalized spacial score (nSPS) is 7.19. The molecule has 8 heteroatoms. The van der Waals surface area contributed by atoms with Crippen LogP contribution in [0.4, 0.5) is 0 Å². The maximum atomic E-state index is 9.97. The van der Waals surface area contributed by atoms with E-state index in [2.05, 4.69) is 11.1 Å². The minimum atomic E-state index is -1.03. The van der Waals surface area contributed by atoms with Gasteiger partial charge in [0, 0.05) is 20.8 Å². The fraction of sp³-hybridized carbons (Fsp3) is 0.500. The summed E-state index contributed by atoms with van der Waals surface area (Å²) in [4.78, 5) is 37.9. The lowest BCUT2D eigenvalue weighted by molar-refractivity contribution is -0.137. The second-order valence-electron chi connectivity index (χ2n) is 2.43. The number of aliphatic carboxylic acids is 2. The Kier molecular flexibility index (Phi) is 15.7. The number of amides is 2. The zero-order valence-corrected chi connectivity index (χ0v) is 9.31. The van der Waals surface area contributed by atoms with Crippen molar-refractivity contribution < 1.29 is 29.4 Å². The number of carboxylic acids is 2. The van der Waals surface area contributed by atoms with Crippen molar-refractivity contribution in [1.29, 1.82) is 0 Å². The molecule has 94 valence electrons. The van der Waals surface area contributed by atoms with Crippen LogP contribution in [0.3, 0.4) is 0 Å². The lowest BCUT2D eigenvalue weighted by Gasteiger charge is -1.92. The van der Waals surface area contributed by atoms with Crippen molar-refractivity contribution in [3.8, 4) is 0 Å². The molecule has 0 aromatic rings. The van der Waals surface area contributed by atoms with Gasteiger partial charge in [-0.15, -0.1) is 0 Å². The highest BCUT2D eigenvalue weighted by Gasteiger charge is 1.94. The molecule has 0 aromatic carbocycles. The maximum absolute atomic E-state index is 9.97. The van der Waals surface area contributed by atoms with Crippen LogP contribution in [0.2, 0.25) is 0 Å². The van der Waals surface area contributed by atoms with Gasteiger partial charge in [-0.05, 0) is 0 Å². The van der Waals surface area contributed by atoms with Gasteiger partial charge in [0.25, 0.3) is 5.97 Å². The Morgan fingerprint density at radius 2 is 1.31 bits per heavy atom. The Morgan fingerprint density at radius 1 is 1.06 bits per heavy atom. The standard InChI is InChI=1S/C4H7NO3.C2H5NO.C2H4O2/c1-3(6)5-2-4(7)8;2*1-2(3)4/h2H2,1H3,(H,5,6)(H,7,8);1H3,(H2,3,4);1H3,(H,3,4). The summed E-state index contributed by atoms with van der Waals surface area (Å²) in [6.07, 6.45) is 0. The zero-order chi connectivity index (χ0) is 13.7. The molecule has 0 saturated heterocycles. The van der Waals surface area contributed by atoms with Gasteiger partial charge in [-0.1, -0.05) is 0 Å². The smallest absolute Gasteiger partial charge is 0.322 e. The average molecular weight is 236 g/mol. The molecule has 0 heterocycles. The molecule has 0 rings (SSSR count). The molecule has 0 aliphatic carbocycles. The van der Waals surface area contributed by atoms with Gasteiger partial charge in [0.2, 0.25) is 11.8 Å². The molecule has 0 fully saturated rings. The van der Waals surface area contributed by atoms with Crippen LogP contribution in [0.1, 0.15) is 20.8 Å². The van der Waals surface area contributed by atoms with Gasteiger partial charge >= 0.3 is 5.97 Å². The molecule has 0 aliphatic rings. The van der Waals surface area contributed by atoms with Crippen molar-refractivity contribution in [2.24, 2.45) is 5.73 Å². The minimum absolute atomic E-state index is 0.296. The van der Waals surface area contributed by atoms with Gasteiger partial charge in [-0.25, -0.2) is 0 Å². The van der Waals surface area contributed by atoms with E-state index in [4.69, 9.17) is 15.0 Å². The Hall–Kier alpha value is -2.12. The Morgan fingerprint density at radius 3 is 1.38 bits per heavy atom. The van der Waals surface area contributed by atoms with E-state index in [0.29, 0.717) is 0 Å². The fourth-order valence-corrected chi connectivity index (χ4v) is 0.200. The van der Waals surface area contributed by atoms with E-state index >= 15 is 0 Å². The van der Waals surface area contributed by atoms with Crippen molar-refractivity contribution in [3.63, 3.8) is 0 Å². The van der Waals surface area contributed by atoms with E-state index in [0.717, 1.165) is 6.92 Å². The first kappa shape index (κ1) is 19.5. The molecule has 5 N–H and O–H groups in total. The summed E-state index contributed by atoms with van der Waals surface area (Å²) in [5, 5.41) is 17.5. The second kappa shape index (κ2) is 12.9. The van der Waals surface area contributed by atoms with Gasteiger partial charge in [-0.3, -0.25) is 19.2 Å². The van der Waals surface area contributed by atoms with Gasteiger partial charge < -0.3 is 21.3 Å².